The van der Waals surface area contributed by atoms with Gasteiger partial charge in [0.25, 0.3) is 6.43 Å². The van der Waals surface area contributed by atoms with Gasteiger partial charge in [0.2, 0.25) is 0 Å². The highest BCUT2D eigenvalue weighted by molar-refractivity contribution is 5.26. The molecule has 2 aliphatic rings. The molecule has 0 aliphatic heterocycles. The van der Waals surface area contributed by atoms with Gasteiger partial charge in [-0.2, -0.15) is 0 Å². The van der Waals surface area contributed by atoms with E-state index in [0.29, 0.717) is 5.92 Å². The van der Waals surface area contributed by atoms with E-state index in [9.17, 15) is 8.78 Å². The molecule has 2 atom stereocenters. The first-order valence-electron chi connectivity index (χ1n) is 12.0. The lowest BCUT2D eigenvalue weighted by atomic mass is 9.67. The first-order chi connectivity index (χ1) is 13.7. The van der Waals surface area contributed by atoms with Gasteiger partial charge < -0.3 is 0 Å². The Morgan fingerprint density at radius 3 is 2.21 bits per heavy atom. The molecule has 1 aromatic carbocycles. The van der Waals surface area contributed by atoms with E-state index < -0.39 is 6.43 Å². The zero-order valence-electron chi connectivity index (χ0n) is 17.9. The molecule has 2 fully saturated rings. The van der Waals surface area contributed by atoms with Crippen LogP contribution in [0.4, 0.5) is 8.78 Å². The quantitative estimate of drug-likeness (QED) is 0.369. The maximum absolute atomic E-state index is 12.8. The number of benzene rings is 1. The van der Waals surface area contributed by atoms with Crippen LogP contribution in [0.2, 0.25) is 0 Å². The smallest absolute Gasteiger partial charge is 0.205 e. The summed E-state index contributed by atoms with van der Waals surface area (Å²) in [5.74, 6) is 3.35. The molecule has 0 radical (unpaired) electrons. The monoisotopic (exact) mass is 390 g/mol. The van der Waals surface area contributed by atoms with Crippen molar-refractivity contribution in [3.8, 4) is 0 Å². The van der Waals surface area contributed by atoms with Crippen molar-refractivity contribution in [1.29, 1.82) is 0 Å². The van der Waals surface area contributed by atoms with Crippen molar-refractivity contribution >= 4 is 0 Å². The molecule has 0 bridgehead atoms. The molecule has 28 heavy (non-hydrogen) atoms. The van der Waals surface area contributed by atoms with Gasteiger partial charge in [-0.25, -0.2) is 8.78 Å². The molecular formula is C26H40F2. The van der Waals surface area contributed by atoms with Crippen LogP contribution in [0.15, 0.2) is 24.3 Å². The Labute approximate surface area is 171 Å². The molecule has 2 aliphatic carbocycles. The van der Waals surface area contributed by atoms with Gasteiger partial charge in [0.1, 0.15) is 0 Å². The molecule has 158 valence electrons. The van der Waals surface area contributed by atoms with Crippen LogP contribution in [-0.2, 0) is 0 Å². The number of alkyl halides is 2. The van der Waals surface area contributed by atoms with Crippen molar-refractivity contribution in [2.45, 2.75) is 109 Å². The van der Waals surface area contributed by atoms with E-state index in [0.717, 1.165) is 17.8 Å². The van der Waals surface area contributed by atoms with Gasteiger partial charge in [0.05, 0.1) is 0 Å². The lowest BCUT2D eigenvalue weighted by Gasteiger charge is -2.38. The number of rotatable bonds is 9. The van der Waals surface area contributed by atoms with Gasteiger partial charge in [0, 0.05) is 5.56 Å². The molecule has 2 saturated carbocycles. The number of hydrogen-bond donors (Lipinski definition) is 0. The fourth-order valence-corrected chi connectivity index (χ4v) is 5.86. The second-order valence-corrected chi connectivity index (χ2v) is 9.57. The molecule has 0 spiro atoms. The van der Waals surface area contributed by atoms with Gasteiger partial charge in [0.15, 0.2) is 0 Å². The predicted molar refractivity (Wildman–Crippen MR) is 115 cm³/mol. The molecule has 0 heterocycles. The number of unbranched alkanes of at least 4 members (excludes halogenated alkanes) is 4. The fourth-order valence-electron chi connectivity index (χ4n) is 5.86. The summed E-state index contributed by atoms with van der Waals surface area (Å²) in [5.41, 5.74) is 1.44. The van der Waals surface area contributed by atoms with E-state index >= 15 is 0 Å². The van der Waals surface area contributed by atoms with Crippen LogP contribution in [0.1, 0.15) is 120 Å². The molecule has 1 aromatic rings. The SMILES string of the molecule is CCCCCCCC1CCC(C2CCCC(c3ccc(C(F)F)cc3)C2)CC1. The Balaban J connectivity index is 1.42. The standard InChI is InChI=1S/C26H40F2/c1-2-3-4-5-6-8-20-11-13-21(14-12-20)24-9-7-10-25(19-24)22-15-17-23(18-16-22)26(27)28/h15-18,20-21,24-26H,2-14,19H2,1H3. The van der Waals surface area contributed by atoms with Gasteiger partial charge in [-0.15, -0.1) is 0 Å². The van der Waals surface area contributed by atoms with Crippen molar-refractivity contribution < 1.29 is 8.78 Å². The van der Waals surface area contributed by atoms with E-state index in [2.05, 4.69) is 6.92 Å². The summed E-state index contributed by atoms with van der Waals surface area (Å²) in [5, 5.41) is 0. The minimum atomic E-state index is -2.35. The summed E-state index contributed by atoms with van der Waals surface area (Å²) in [6.45, 7) is 2.29. The summed E-state index contributed by atoms with van der Waals surface area (Å²) >= 11 is 0. The molecule has 0 nitrogen and oxygen atoms in total. The summed E-state index contributed by atoms with van der Waals surface area (Å²) < 4.78 is 25.6. The third kappa shape index (κ3) is 6.29. The average molecular weight is 391 g/mol. The molecule has 0 amide bonds. The molecule has 0 N–H and O–H groups in total. The van der Waals surface area contributed by atoms with Crippen LogP contribution in [0.25, 0.3) is 0 Å². The largest absolute Gasteiger partial charge is 0.263 e. The van der Waals surface area contributed by atoms with Crippen LogP contribution in [-0.4, -0.2) is 0 Å². The molecule has 3 rings (SSSR count). The molecule has 2 unspecified atom stereocenters. The maximum atomic E-state index is 12.8. The van der Waals surface area contributed by atoms with E-state index in [-0.39, 0.29) is 5.56 Å². The van der Waals surface area contributed by atoms with Gasteiger partial charge >= 0.3 is 0 Å². The van der Waals surface area contributed by atoms with Crippen molar-refractivity contribution in [3.05, 3.63) is 35.4 Å². The van der Waals surface area contributed by atoms with E-state index in [1.165, 1.54) is 95.5 Å². The highest BCUT2D eigenvalue weighted by Gasteiger charge is 2.31. The summed E-state index contributed by atoms with van der Waals surface area (Å²) in [4.78, 5) is 0. The third-order valence-electron chi connectivity index (χ3n) is 7.65. The van der Waals surface area contributed by atoms with E-state index in [1.54, 1.807) is 12.1 Å². The Morgan fingerprint density at radius 2 is 1.54 bits per heavy atom. The van der Waals surface area contributed by atoms with Crippen molar-refractivity contribution in [3.63, 3.8) is 0 Å². The zero-order chi connectivity index (χ0) is 19.8. The minimum absolute atomic E-state index is 0.157. The second kappa shape index (κ2) is 11.3. The van der Waals surface area contributed by atoms with Crippen LogP contribution >= 0.6 is 0 Å². The third-order valence-corrected chi connectivity index (χ3v) is 7.65. The van der Waals surface area contributed by atoms with Gasteiger partial charge in [-0.05, 0) is 54.9 Å². The summed E-state index contributed by atoms with van der Waals surface area (Å²) in [6, 6.07) is 7.19. The Hall–Kier alpha value is -0.920. The number of hydrogen-bond acceptors (Lipinski definition) is 0. The van der Waals surface area contributed by atoms with Crippen LogP contribution < -0.4 is 0 Å². The zero-order valence-corrected chi connectivity index (χ0v) is 17.9. The molecule has 2 heteroatoms. The fraction of sp³-hybridized carbons (Fsp3) is 0.769. The van der Waals surface area contributed by atoms with Crippen molar-refractivity contribution in [1.82, 2.24) is 0 Å². The van der Waals surface area contributed by atoms with Crippen LogP contribution in [0, 0.1) is 17.8 Å². The normalized spacial score (nSPS) is 28.6. The second-order valence-electron chi connectivity index (χ2n) is 9.57. The van der Waals surface area contributed by atoms with Gasteiger partial charge in [-0.1, -0.05) is 95.4 Å². The predicted octanol–water partition coefficient (Wildman–Crippen LogP) is 9.06. The topological polar surface area (TPSA) is 0 Å². The first kappa shape index (κ1) is 21.8. The maximum Gasteiger partial charge on any atom is 0.263 e. The lowest BCUT2D eigenvalue weighted by Crippen LogP contribution is -2.26. The van der Waals surface area contributed by atoms with Crippen molar-refractivity contribution in [2.24, 2.45) is 17.8 Å². The van der Waals surface area contributed by atoms with E-state index in [4.69, 9.17) is 0 Å². The highest BCUT2D eigenvalue weighted by atomic mass is 19.3. The number of halogens is 2. The Bertz CT molecular complexity index is 542. The molecular weight excluding hydrogens is 350 g/mol. The summed E-state index contributed by atoms with van der Waals surface area (Å²) in [6.07, 6.45) is 17.1. The first-order valence-corrected chi connectivity index (χ1v) is 12.0. The van der Waals surface area contributed by atoms with E-state index in [1.807, 2.05) is 12.1 Å². The Morgan fingerprint density at radius 1 is 0.821 bits per heavy atom. The lowest BCUT2D eigenvalue weighted by molar-refractivity contribution is 0.150. The molecule has 0 aromatic heterocycles. The highest BCUT2D eigenvalue weighted by Crippen LogP contribution is 2.45. The van der Waals surface area contributed by atoms with Crippen LogP contribution in [0.5, 0.6) is 0 Å². The van der Waals surface area contributed by atoms with Crippen molar-refractivity contribution in [2.75, 3.05) is 0 Å². The average Bonchev–Trinajstić information content (AvgIpc) is 2.74. The summed E-state index contributed by atoms with van der Waals surface area (Å²) in [7, 11) is 0. The minimum Gasteiger partial charge on any atom is -0.205 e. The molecule has 0 saturated heterocycles. The Kier molecular flexibility index (Phi) is 8.80. The van der Waals surface area contributed by atoms with Crippen LogP contribution in [0.3, 0.4) is 0 Å². The van der Waals surface area contributed by atoms with Gasteiger partial charge in [-0.3, -0.25) is 0 Å².